The first-order valence-electron chi connectivity index (χ1n) is 15.2. The number of carbonyl (C=O) groups excluding carboxylic acids is 2. The number of aromatic nitrogens is 3. The molecule has 0 saturated heterocycles. The van der Waals surface area contributed by atoms with Gasteiger partial charge in [-0.3, -0.25) is 9.48 Å². The lowest BCUT2D eigenvalue weighted by Gasteiger charge is -2.25. The minimum absolute atomic E-state index is 0.0418. The standard InChI is InChI=1S/C32H37F3N6O6/c1-18-24(46-4)11-10-20-25(15-22(36-27(18)20)23-16-26(32(33,34)35)39-41(23)3)47-14-12-21-28(42)38-31(29(43)44)17-19(31)9-7-5-6-8-13-40(2)30(45)37-21/h7,9-11,15-16,19,21H,5-6,8,12-14,17H2,1-4H3,(H,37,45)(H,38,42)(H,43,44)/b9-7-. The Kier molecular flexibility index (Phi) is 9.36. The number of fused-ring (bicyclic) bond motifs is 2. The molecule has 1 fully saturated rings. The smallest absolute Gasteiger partial charge is 0.435 e. The number of rotatable bonds is 7. The lowest BCUT2D eigenvalue weighted by molar-refractivity contribution is -0.143. The Labute approximate surface area is 268 Å². The number of hydrogen-bond acceptors (Lipinski definition) is 7. The zero-order chi connectivity index (χ0) is 34.1. The van der Waals surface area contributed by atoms with E-state index < -0.39 is 41.4 Å². The fraction of sp³-hybridized carbons (Fsp3) is 0.469. The SMILES string of the molecule is COc1ccc2c(OCCC3NC(=O)N(C)CCCC/C=C\C4CC4(C(=O)O)NC3=O)cc(-c3cc(C(F)(F)F)nn3C)nc2c1C. The van der Waals surface area contributed by atoms with Crippen LogP contribution in [-0.4, -0.2) is 81.6 Å². The van der Waals surface area contributed by atoms with E-state index in [1.54, 1.807) is 26.1 Å². The molecular weight excluding hydrogens is 621 g/mol. The third-order valence-electron chi connectivity index (χ3n) is 8.65. The van der Waals surface area contributed by atoms with Gasteiger partial charge in [-0.05, 0) is 50.8 Å². The second kappa shape index (κ2) is 13.1. The van der Waals surface area contributed by atoms with Crippen molar-refractivity contribution in [2.45, 2.75) is 56.8 Å². The highest BCUT2D eigenvalue weighted by Crippen LogP contribution is 2.45. The summed E-state index contributed by atoms with van der Waals surface area (Å²) in [6, 6.07) is 4.18. The van der Waals surface area contributed by atoms with E-state index >= 15 is 0 Å². The van der Waals surface area contributed by atoms with Crippen LogP contribution in [0, 0.1) is 12.8 Å². The van der Waals surface area contributed by atoms with Crippen LogP contribution < -0.4 is 20.1 Å². The maximum absolute atomic E-state index is 13.5. The van der Waals surface area contributed by atoms with E-state index in [-0.39, 0.29) is 42.5 Å². The molecule has 3 atom stereocenters. The van der Waals surface area contributed by atoms with Crippen molar-refractivity contribution in [3.8, 4) is 22.9 Å². The van der Waals surface area contributed by atoms with Crippen LogP contribution in [-0.2, 0) is 22.8 Å². The van der Waals surface area contributed by atoms with Crippen molar-refractivity contribution < 1.29 is 42.1 Å². The summed E-state index contributed by atoms with van der Waals surface area (Å²) >= 11 is 0. The highest BCUT2D eigenvalue weighted by atomic mass is 19.4. The van der Waals surface area contributed by atoms with E-state index in [9.17, 15) is 32.7 Å². The molecule has 0 bridgehead atoms. The highest BCUT2D eigenvalue weighted by Gasteiger charge is 2.60. The monoisotopic (exact) mass is 658 g/mol. The van der Waals surface area contributed by atoms with Crippen LogP contribution in [0.5, 0.6) is 11.5 Å². The van der Waals surface area contributed by atoms with Crippen molar-refractivity contribution in [3.05, 3.63) is 47.7 Å². The number of pyridine rings is 1. The van der Waals surface area contributed by atoms with E-state index in [1.807, 2.05) is 12.2 Å². The van der Waals surface area contributed by atoms with Crippen molar-refractivity contribution in [2.75, 3.05) is 27.3 Å². The molecule has 3 aromatic rings. The fourth-order valence-corrected chi connectivity index (χ4v) is 5.75. The lowest BCUT2D eigenvalue weighted by Crippen LogP contribution is -2.55. The van der Waals surface area contributed by atoms with Crippen LogP contribution >= 0.6 is 0 Å². The van der Waals surface area contributed by atoms with E-state index in [1.165, 1.54) is 25.1 Å². The Morgan fingerprint density at radius 2 is 1.94 bits per heavy atom. The Hall–Kier alpha value is -4.82. The number of urea groups is 1. The largest absolute Gasteiger partial charge is 0.496 e. The van der Waals surface area contributed by atoms with Gasteiger partial charge in [0.05, 0.1) is 30.6 Å². The number of carboxylic acid groups (broad SMARTS) is 1. The number of ether oxygens (including phenoxy) is 2. The molecule has 1 saturated carbocycles. The van der Waals surface area contributed by atoms with Gasteiger partial charge in [-0.15, -0.1) is 0 Å². The maximum atomic E-state index is 13.5. The Morgan fingerprint density at radius 3 is 2.62 bits per heavy atom. The summed E-state index contributed by atoms with van der Waals surface area (Å²) in [6.45, 7) is 2.11. The maximum Gasteiger partial charge on any atom is 0.435 e. The van der Waals surface area contributed by atoms with E-state index in [4.69, 9.17) is 9.47 Å². The van der Waals surface area contributed by atoms with Crippen molar-refractivity contribution in [1.82, 2.24) is 30.3 Å². The summed E-state index contributed by atoms with van der Waals surface area (Å²) in [5.41, 5.74) is -1.22. The number of hydrogen-bond donors (Lipinski definition) is 3. The molecule has 1 aromatic carbocycles. The van der Waals surface area contributed by atoms with Gasteiger partial charge >= 0.3 is 18.2 Å². The predicted molar refractivity (Wildman–Crippen MR) is 165 cm³/mol. The quantitative estimate of drug-likeness (QED) is 0.316. The molecule has 2 aliphatic rings. The molecular formula is C32H37F3N6O6. The lowest BCUT2D eigenvalue weighted by atomic mass is 10.1. The fourth-order valence-electron chi connectivity index (χ4n) is 5.75. The molecule has 3 amide bonds. The Balaban J connectivity index is 1.44. The van der Waals surface area contributed by atoms with Crippen LogP contribution in [0.3, 0.4) is 0 Å². The van der Waals surface area contributed by atoms with Crippen molar-refractivity contribution in [2.24, 2.45) is 13.0 Å². The Morgan fingerprint density at radius 1 is 1.17 bits per heavy atom. The van der Waals surface area contributed by atoms with Gasteiger partial charge in [0.1, 0.15) is 23.1 Å². The van der Waals surface area contributed by atoms with E-state index in [0.717, 1.165) is 30.0 Å². The number of aryl methyl sites for hydroxylation is 2. The second-order valence-corrected chi connectivity index (χ2v) is 11.9. The molecule has 47 heavy (non-hydrogen) atoms. The van der Waals surface area contributed by atoms with Gasteiger partial charge < -0.3 is 30.1 Å². The number of nitrogens with one attached hydrogen (secondary N) is 2. The molecule has 12 nitrogen and oxygen atoms in total. The predicted octanol–water partition coefficient (Wildman–Crippen LogP) is 4.45. The average Bonchev–Trinajstić information content (AvgIpc) is 3.57. The van der Waals surface area contributed by atoms with Gasteiger partial charge in [0.2, 0.25) is 5.91 Å². The molecule has 3 N–H and O–H groups in total. The van der Waals surface area contributed by atoms with Gasteiger partial charge in [0.15, 0.2) is 5.69 Å². The van der Waals surface area contributed by atoms with Crippen LogP contribution in [0.2, 0.25) is 0 Å². The van der Waals surface area contributed by atoms with Gasteiger partial charge in [0, 0.05) is 50.0 Å². The summed E-state index contributed by atoms with van der Waals surface area (Å²) in [5.74, 6) is -1.41. The number of carboxylic acids is 1. The molecule has 2 aromatic heterocycles. The first-order valence-corrected chi connectivity index (χ1v) is 15.2. The van der Waals surface area contributed by atoms with Crippen LogP contribution in [0.15, 0.2) is 36.4 Å². The summed E-state index contributed by atoms with van der Waals surface area (Å²) in [7, 11) is 4.48. The topological polar surface area (TPSA) is 148 Å². The third-order valence-corrected chi connectivity index (χ3v) is 8.65. The van der Waals surface area contributed by atoms with Crippen LogP contribution in [0.25, 0.3) is 22.3 Å². The molecule has 252 valence electrons. The number of carbonyl (C=O) groups is 3. The van der Waals surface area contributed by atoms with Crippen LogP contribution in [0.1, 0.15) is 43.4 Å². The second-order valence-electron chi connectivity index (χ2n) is 11.9. The average molecular weight is 659 g/mol. The van der Waals surface area contributed by atoms with Crippen molar-refractivity contribution in [1.29, 1.82) is 0 Å². The molecule has 0 spiro atoms. The summed E-state index contributed by atoms with van der Waals surface area (Å²) in [6.07, 6.45) is 1.55. The minimum Gasteiger partial charge on any atom is -0.496 e. The number of alkyl halides is 3. The number of benzene rings is 1. The number of nitrogens with zero attached hydrogens (tertiary/aromatic N) is 4. The number of aliphatic carboxylic acids is 1. The molecule has 3 unspecified atom stereocenters. The highest BCUT2D eigenvalue weighted by molar-refractivity contribution is 5.94. The summed E-state index contributed by atoms with van der Waals surface area (Å²) < 4.78 is 53.0. The number of methoxy groups -OCH3 is 1. The Bertz CT molecular complexity index is 1720. The van der Waals surface area contributed by atoms with Crippen LogP contribution in [0.4, 0.5) is 18.0 Å². The normalized spacial score (nSPS) is 22.9. The first-order chi connectivity index (χ1) is 22.2. The number of halogens is 3. The molecule has 3 heterocycles. The van der Waals surface area contributed by atoms with Gasteiger partial charge in [-0.25, -0.2) is 14.6 Å². The first kappa shape index (κ1) is 33.5. The molecule has 5 rings (SSSR count). The van der Waals surface area contributed by atoms with E-state index in [2.05, 4.69) is 20.7 Å². The molecule has 15 heteroatoms. The number of amides is 3. The van der Waals surface area contributed by atoms with Crippen molar-refractivity contribution in [3.63, 3.8) is 0 Å². The van der Waals surface area contributed by atoms with Crippen molar-refractivity contribution >= 4 is 28.8 Å². The summed E-state index contributed by atoms with van der Waals surface area (Å²) in [4.78, 5) is 44.8. The minimum atomic E-state index is -4.66. The molecule has 1 aliphatic carbocycles. The molecule has 1 aliphatic heterocycles. The zero-order valence-corrected chi connectivity index (χ0v) is 26.5. The third kappa shape index (κ3) is 6.98. The number of allylic oxidation sites excluding steroid dienone is 1. The summed E-state index contributed by atoms with van der Waals surface area (Å²) in [5, 5.41) is 19.5. The zero-order valence-electron chi connectivity index (χ0n) is 26.5. The van der Waals surface area contributed by atoms with Gasteiger partial charge in [-0.2, -0.15) is 18.3 Å². The molecule has 0 radical (unpaired) electrons. The van der Waals surface area contributed by atoms with E-state index in [0.29, 0.717) is 28.8 Å². The van der Waals surface area contributed by atoms with Gasteiger partial charge in [0.25, 0.3) is 0 Å². The van der Waals surface area contributed by atoms with Gasteiger partial charge in [-0.1, -0.05) is 12.2 Å².